The Bertz CT molecular complexity index is 1750. The Labute approximate surface area is 273 Å². The highest BCUT2D eigenvalue weighted by atomic mass is 28.4. The zero-order valence-corrected chi connectivity index (χ0v) is 28.0. The van der Waals surface area contributed by atoms with Crippen molar-refractivity contribution in [3.8, 4) is 22.4 Å². The number of carbonyl (C=O) groups excluding carboxylic acids is 1. The quantitative estimate of drug-likeness (QED) is 0.132. The molecule has 3 aromatic carbocycles. The number of esters is 1. The summed E-state index contributed by atoms with van der Waals surface area (Å²) in [5, 5.41) is 6.14. The number of carbonyl (C=O) groups is 1. The molecule has 7 heteroatoms. The second-order valence-electron chi connectivity index (χ2n) is 12.7. The number of nitrogens with zero attached hydrogens (tertiary/aromatic N) is 2. The van der Waals surface area contributed by atoms with E-state index in [-0.39, 0.29) is 11.1 Å². The predicted molar refractivity (Wildman–Crippen MR) is 187 cm³/mol. The van der Waals surface area contributed by atoms with Crippen LogP contribution >= 0.6 is 0 Å². The molecule has 1 aliphatic rings. The van der Waals surface area contributed by atoms with Gasteiger partial charge in [-0.05, 0) is 63.6 Å². The van der Waals surface area contributed by atoms with E-state index in [4.69, 9.17) is 14.1 Å². The van der Waals surface area contributed by atoms with Crippen molar-refractivity contribution >= 4 is 24.7 Å². The SMILES string of the molecule is CCOC(=O)c1cc2c(c(-c3cccc(-c4cccnc4)c3)n1)[C@@H](CCO[Si](c1ccccc1)(c1ccccc1)C(C)(C)C)NC2. The van der Waals surface area contributed by atoms with Crippen molar-refractivity contribution < 1.29 is 14.0 Å². The van der Waals surface area contributed by atoms with Crippen molar-refractivity contribution in [2.24, 2.45) is 0 Å². The Hall–Kier alpha value is -4.43. The standard InChI is InChI=1S/C39H41N3O3Si/c1-5-44-38(43)35-25-31-27-41-34(36(31)37(42-35)29-15-12-14-28(24-29)30-16-13-22-40-26-30)21-23-45-46(39(2,3)4,32-17-8-6-9-18-32)33-19-10-7-11-20-33/h6-20,22,24-26,34,41H,5,21,23,27H2,1-4H3/t34-/m1/s1. The number of ether oxygens (including phenoxy) is 1. The van der Waals surface area contributed by atoms with Crippen molar-refractivity contribution in [1.82, 2.24) is 15.3 Å². The highest BCUT2D eigenvalue weighted by Crippen LogP contribution is 2.40. The minimum absolute atomic E-state index is 0.00834. The number of aromatic nitrogens is 2. The maximum absolute atomic E-state index is 12.9. The topological polar surface area (TPSA) is 73.3 Å². The average Bonchev–Trinajstić information content (AvgIpc) is 3.50. The Morgan fingerprint density at radius 3 is 2.17 bits per heavy atom. The monoisotopic (exact) mass is 627 g/mol. The van der Waals surface area contributed by atoms with Gasteiger partial charge in [0.25, 0.3) is 8.32 Å². The van der Waals surface area contributed by atoms with Crippen LogP contribution in [0.1, 0.15) is 61.8 Å². The normalized spacial score (nSPS) is 14.6. The summed E-state index contributed by atoms with van der Waals surface area (Å²) in [4.78, 5) is 22.2. The van der Waals surface area contributed by atoms with Gasteiger partial charge in [0.15, 0.2) is 0 Å². The van der Waals surface area contributed by atoms with Crippen LogP contribution in [0, 0.1) is 0 Å². The molecule has 2 aromatic heterocycles. The molecular formula is C39H41N3O3Si. The summed E-state index contributed by atoms with van der Waals surface area (Å²) >= 11 is 0. The lowest BCUT2D eigenvalue weighted by molar-refractivity contribution is 0.0519. The molecular weight excluding hydrogens is 587 g/mol. The molecule has 0 unspecified atom stereocenters. The van der Waals surface area contributed by atoms with Crippen molar-refractivity contribution in [2.45, 2.75) is 51.7 Å². The Morgan fingerprint density at radius 2 is 1.54 bits per heavy atom. The smallest absolute Gasteiger partial charge is 0.356 e. The molecule has 1 aliphatic heterocycles. The zero-order chi connectivity index (χ0) is 32.1. The van der Waals surface area contributed by atoms with Crippen LogP contribution in [0.2, 0.25) is 5.04 Å². The third-order valence-electron chi connectivity index (χ3n) is 8.79. The fourth-order valence-electron chi connectivity index (χ4n) is 6.73. The van der Waals surface area contributed by atoms with Crippen LogP contribution < -0.4 is 15.7 Å². The second kappa shape index (κ2) is 13.5. The van der Waals surface area contributed by atoms with Gasteiger partial charge in [-0.3, -0.25) is 4.98 Å². The van der Waals surface area contributed by atoms with Gasteiger partial charge in [-0.15, -0.1) is 0 Å². The van der Waals surface area contributed by atoms with Crippen LogP contribution in [0.25, 0.3) is 22.4 Å². The molecule has 234 valence electrons. The van der Waals surface area contributed by atoms with Gasteiger partial charge in [-0.25, -0.2) is 9.78 Å². The molecule has 0 fully saturated rings. The lowest BCUT2D eigenvalue weighted by Crippen LogP contribution is -2.66. The van der Waals surface area contributed by atoms with E-state index >= 15 is 0 Å². The van der Waals surface area contributed by atoms with Gasteiger partial charge in [0.2, 0.25) is 0 Å². The number of rotatable bonds is 10. The van der Waals surface area contributed by atoms with E-state index in [0.29, 0.717) is 25.5 Å². The summed E-state index contributed by atoms with van der Waals surface area (Å²) in [5.41, 5.74) is 6.32. The zero-order valence-electron chi connectivity index (χ0n) is 27.0. The molecule has 1 atom stereocenters. The van der Waals surface area contributed by atoms with E-state index < -0.39 is 14.3 Å². The van der Waals surface area contributed by atoms with Crippen LogP contribution in [-0.4, -0.2) is 37.5 Å². The maximum Gasteiger partial charge on any atom is 0.356 e. The maximum atomic E-state index is 12.9. The Morgan fingerprint density at radius 1 is 0.870 bits per heavy atom. The molecule has 6 rings (SSSR count). The van der Waals surface area contributed by atoms with Crippen LogP contribution in [-0.2, 0) is 15.7 Å². The lowest BCUT2D eigenvalue weighted by Gasteiger charge is -2.43. The summed E-state index contributed by atoms with van der Waals surface area (Å²) < 4.78 is 12.6. The third kappa shape index (κ3) is 6.18. The van der Waals surface area contributed by atoms with Gasteiger partial charge >= 0.3 is 5.97 Å². The Balaban J connectivity index is 1.37. The molecule has 6 nitrogen and oxygen atoms in total. The lowest BCUT2D eigenvalue weighted by atomic mass is 9.94. The summed E-state index contributed by atoms with van der Waals surface area (Å²) in [6.07, 6.45) is 4.39. The fourth-order valence-corrected chi connectivity index (χ4v) is 11.3. The molecule has 0 saturated carbocycles. The molecule has 0 bridgehead atoms. The second-order valence-corrected chi connectivity index (χ2v) is 17.0. The number of hydrogen-bond donors (Lipinski definition) is 1. The first-order valence-electron chi connectivity index (χ1n) is 16.0. The van der Waals surface area contributed by atoms with Crippen molar-refractivity contribution in [2.75, 3.05) is 13.2 Å². The number of hydrogen-bond acceptors (Lipinski definition) is 6. The number of pyridine rings is 2. The average molecular weight is 628 g/mol. The summed E-state index contributed by atoms with van der Waals surface area (Å²) in [7, 11) is -2.68. The minimum Gasteiger partial charge on any atom is -0.461 e. The third-order valence-corrected chi connectivity index (χ3v) is 13.8. The van der Waals surface area contributed by atoms with E-state index in [0.717, 1.165) is 39.9 Å². The van der Waals surface area contributed by atoms with E-state index in [1.807, 2.05) is 37.4 Å². The largest absolute Gasteiger partial charge is 0.461 e. The molecule has 46 heavy (non-hydrogen) atoms. The van der Waals surface area contributed by atoms with Gasteiger partial charge in [0.05, 0.1) is 12.3 Å². The summed E-state index contributed by atoms with van der Waals surface area (Å²) in [5.74, 6) is -0.409. The van der Waals surface area contributed by atoms with Gasteiger partial charge in [0.1, 0.15) is 5.69 Å². The molecule has 0 aliphatic carbocycles. The van der Waals surface area contributed by atoms with Crippen LogP contribution in [0.15, 0.2) is 116 Å². The molecule has 0 saturated heterocycles. The minimum atomic E-state index is -2.68. The molecule has 0 radical (unpaired) electrons. The first-order valence-corrected chi connectivity index (χ1v) is 17.9. The number of benzene rings is 3. The van der Waals surface area contributed by atoms with Crippen molar-refractivity contribution in [3.63, 3.8) is 0 Å². The van der Waals surface area contributed by atoms with Crippen LogP contribution in [0.4, 0.5) is 0 Å². The van der Waals surface area contributed by atoms with Gasteiger partial charge in [-0.1, -0.05) is 106 Å². The highest BCUT2D eigenvalue weighted by molar-refractivity contribution is 6.99. The summed E-state index contributed by atoms with van der Waals surface area (Å²) in [6.45, 7) is 10.2. The van der Waals surface area contributed by atoms with Gasteiger partial charge < -0.3 is 14.5 Å². The number of fused-ring (bicyclic) bond motifs is 1. The highest BCUT2D eigenvalue weighted by Gasteiger charge is 2.50. The van der Waals surface area contributed by atoms with E-state index in [1.165, 1.54) is 10.4 Å². The molecule has 0 spiro atoms. The van der Waals surface area contributed by atoms with E-state index in [2.05, 4.69) is 110 Å². The molecule has 5 aromatic rings. The van der Waals surface area contributed by atoms with Crippen molar-refractivity contribution in [3.05, 3.63) is 132 Å². The first-order chi connectivity index (χ1) is 22.3. The van der Waals surface area contributed by atoms with Crippen LogP contribution in [0.5, 0.6) is 0 Å². The predicted octanol–water partition coefficient (Wildman–Crippen LogP) is 7.10. The van der Waals surface area contributed by atoms with Crippen molar-refractivity contribution in [1.29, 1.82) is 0 Å². The number of nitrogens with one attached hydrogen (secondary N) is 1. The van der Waals surface area contributed by atoms with E-state index in [9.17, 15) is 4.79 Å². The Kier molecular flexibility index (Phi) is 9.26. The summed E-state index contributed by atoms with van der Waals surface area (Å²) in [6, 6.07) is 35.7. The molecule has 0 amide bonds. The fraction of sp³-hybridized carbons (Fsp3) is 0.256. The van der Waals surface area contributed by atoms with Gasteiger partial charge in [0, 0.05) is 42.7 Å². The van der Waals surface area contributed by atoms with Gasteiger partial charge in [-0.2, -0.15) is 0 Å². The molecule has 1 N–H and O–H groups in total. The first kappa shape index (κ1) is 31.5. The van der Waals surface area contributed by atoms with Crippen LogP contribution in [0.3, 0.4) is 0 Å². The van der Waals surface area contributed by atoms with E-state index in [1.54, 1.807) is 6.20 Å². The molecule has 3 heterocycles.